The van der Waals surface area contributed by atoms with Gasteiger partial charge in [-0.1, -0.05) is 0 Å². The topological polar surface area (TPSA) is 97.4 Å². The van der Waals surface area contributed by atoms with Crippen molar-refractivity contribution in [2.75, 3.05) is 57.3 Å². The van der Waals surface area contributed by atoms with Crippen LogP contribution >= 0.6 is 0 Å². The van der Waals surface area contributed by atoms with Crippen LogP contribution in [0.25, 0.3) is 22.3 Å². The molecule has 0 spiro atoms. The van der Waals surface area contributed by atoms with Crippen molar-refractivity contribution in [2.45, 2.75) is 26.3 Å². The van der Waals surface area contributed by atoms with Crippen molar-refractivity contribution in [3.05, 3.63) is 48.2 Å². The van der Waals surface area contributed by atoms with E-state index in [0.29, 0.717) is 28.4 Å². The van der Waals surface area contributed by atoms with Gasteiger partial charge in [-0.2, -0.15) is 0 Å². The summed E-state index contributed by atoms with van der Waals surface area (Å²) in [5.74, 6) is -0.412. The van der Waals surface area contributed by atoms with Crippen molar-refractivity contribution in [3.8, 4) is 17.0 Å². The third kappa shape index (κ3) is 5.85. The number of imidazole rings is 1. The fourth-order valence-electron chi connectivity index (χ4n) is 4.37. The number of halogens is 3. The maximum Gasteiger partial charge on any atom is 0.295 e. The van der Waals surface area contributed by atoms with Crippen LogP contribution in [-0.2, 0) is 0 Å². The second kappa shape index (κ2) is 11.4. The highest BCUT2D eigenvalue weighted by molar-refractivity contribution is 5.83. The summed E-state index contributed by atoms with van der Waals surface area (Å²) in [6, 6.07) is 7.70. The number of ether oxygens (including phenoxy) is 1. The third-order valence-corrected chi connectivity index (χ3v) is 6.33. The van der Waals surface area contributed by atoms with E-state index in [1.165, 1.54) is 16.8 Å². The van der Waals surface area contributed by atoms with Gasteiger partial charge in [-0.05, 0) is 52.2 Å². The molecule has 0 radical (unpaired) electrons. The van der Waals surface area contributed by atoms with Crippen LogP contribution < -0.4 is 20.7 Å². The molecule has 0 aliphatic carbocycles. The zero-order valence-corrected chi connectivity index (χ0v) is 22.8. The van der Waals surface area contributed by atoms with Crippen molar-refractivity contribution >= 4 is 34.0 Å². The summed E-state index contributed by atoms with van der Waals surface area (Å²) < 4.78 is 49.2. The first kappa shape index (κ1) is 28.0. The van der Waals surface area contributed by atoms with Crippen LogP contribution in [0.2, 0.25) is 0 Å². The summed E-state index contributed by atoms with van der Waals surface area (Å²) in [6.45, 7) is 5.11. The van der Waals surface area contributed by atoms with Crippen molar-refractivity contribution in [1.29, 1.82) is 0 Å². The van der Waals surface area contributed by atoms with Gasteiger partial charge in [0.15, 0.2) is 11.6 Å². The van der Waals surface area contributed by atoms with E-state index in [0.717, 1.165) is 18.8 Å². The molecule has 2 aromatic heterocycles. The molecule has 0 amide bonds. The van der Waals surface area contributed by atoms with Crippen molar-refractivity contribution in [1.82, 2.24) is 24.4 Å². The number of alkyl halides is 2. The second-order valence-electron chi connectivity index (χ2n) is 9.79. The Hall–Kier alpha value is -4.06. The molecule has 0 aliphatic heterocycles. The average Bonchev–Trinajstić information content (AvgIpc) is 3.28. The number of rotatable bonds is 10. The molecule has 0 aliphatic rings. The number of benzene rings is 2. The van der Waals surface area contributed by atoms with Crippen molar-refractivity contribution < 1.29 is 17.9 Å². The lowest BCUT2D eigenvalue weighted by molar-refractivity contribution is 0.134. The van der Waals surface area contributed by atoms with E-state index >= 15 is 4.39 Å². The number of hydrogen-bond donors (Lipinski definition) is 2. The molecule has 0 unspecified atom stereocenters. The van der Waals surface area contributed by atoms with E-state index in [1.54, 1.807) is 39.2 Å². The summed E-state index contributed by atoms with van der Waals surface area (Å²) in [6.07, 6.45) is -1.31. The Balaban J connectivity index is 1.68. The molecule has 3 N–H and O–H groups in total. The van der Waals surface area contributed by atoms with Gasteiger partial charge in [0, 0.05) is 44.0 Å². The predicted octanol–water partition coefficient (Wildman–Crippen LogP) is 5.48. The Morgan fingerprint density at radius 2 is 1.82 bits per heavy atom. The van der Waals surface area contributed by atoms with Gasteiger partial charge in [0.25, 0.3) is 6.43 Å². The van der Waals surface area contributed by atoms with E-state index in [9.17, 15) is 8.78 Å². The third-order valence-electron chi connectivity index (χ3n) is 6.33. The monoisotopic (exact) mass is 542 g/mol. The number of hydrogen-bond acceptors (Lipinski definition) is 8. The van der Waals surface area contributed by atoms with Crippen LogP contribution in [0.3, 0.4) is 0 Å². The van der Waals surface area contributed by atoms with Crippen molar-refractivity contribution in [2.24, 2.45) is 0 Å². The summed E-state index contributed by atoms with van der Waals surface area (Å²) in [5.41, 5.74) is 9.24. The maximum atomic E-state index is 15.0. The van der Waals surface area contributed by atoms with Gasteiger partial charge in [0.1, 0.15) is 11.3 Å². The number of anilines is 4. The summed E-state index contributed by atoms with van der Waals surface area (Å²) in [5, 5.41) is 3.13. The molecule has 2 aromatic carbocycles. The number of fused-ring (bicyclic) bond motifs is 1. The van der Waals surface area contributed by atoms with Crippen molar-refractivity contribution in [3.63, 3.8) is 0 Å². The first-order valence-corrected chi connectivity index (χ1v) is 12.4. The zero-order chi connectivity index (χ0) is 28.4. The molecule has 0 saturated carbocycles. The van der Waals surface area contributed by atoms with Crippen LogP contribution in [0.15, 0.2) is 36.5 Å². The Labute approximate surface area is 225 Å². The Morgan fingerprint density at radius 3 is 2.46 bits per heavy atom. The number of nitrogens with two attached hydrogens (primary N) is 1. The quantitative estimate of drug-likeness (QED) is 0.254. The number of nitrogen functional groups attached to an aromatic ring is 1. The maximum absolute atomic E-state index is 15.0. The normalized spacial score (nSPS) is 11.7. The number of nitrogens with zero attached hydrogens (tertiary/aromatic N) is 6. The minimum Gasteiger partial charge on any atom is -0.494 e. The van der Waals surface area contributed by atoms with Crippen LogP contribution in [0.1, 0.15) is 32.1 Å². The fourth-order valence-corrected chi connectivity index (χ4v) is 4.37. The predicted molar refractivity (Wildman–Crippen MR) is 149 cm³/mol. The molecule has 0 fully saturated rings. The highest BCUT2D eigenvalue weighted by Crippen LogP contribution is 2.37. The lowest BCUT2D eigenvalue weighted by Crippen LogP contribution is -2.29. The molecule has 0 saturated heterocycles. The minimum absolute atomic E-state index is 0.106. The Kier molecular flexibility index (Phi) is 8.14. The highest BCUT2D eigenvalue weighted by Gasteiger charge is 2.23. The largest absolute Gasteiger partial charge is 0.494 e. The molecule has 0 atom stereocenters. The van der Waals surface area contributed by atoms with Crippen LogP contribution in [0.4, 0.5) is 36.2 Å². The molecule has 208 valence electrons. The standard InChI is InChI=1S/C27H33F3N8O/c1-15(2)38-22-12-16(11-17(28)24(22)35-26(38)25(29)30)19-7-8-32-27(33-19)34-20-13-18(31)21(14-23(20)39-6)37(5)10-9-36(3)4/h7-8,11-15,25H,9-10,31H2,1-6H3,(H,32,33,34). The smallest absolute Gasteiger partial charge is 0.295 e. The van der Waals surface area contributed by atoms with Gasteiger partial charge in [0.05, 0.1) is 35.4 Å². The molecular formula is C27H33F3N8O. The summed E-state index contributed by atoms with van der Waals surface area (Å²) >= 11 is 0. The number of likely N-dealkylation sites (N-methyl/N-ethyl adjacent to an activating group) is 2. The van der Waals surface area contributed by atoms with Gasteiger partial charge in [-0.3, -0.25) is 0 Å². The van der Waals surface area contributed by atoms with Gasteiger partial charge < -0.3 is 30.2 Å². The van der Waals surface area contributed by atoms with E-state index < -0.39 is 18.1 Å². The number of nitrogens with one attached hydrogen (secondary N) is 1. The molecule has 4 rings (SSSR count). The lowest BCUT2D eigenvalue weighted by atomic mass is 10.1. The van der Waals surface area contributed by atoms with Gasteiger partial charge in [-0.15, -0.1) is 0 Å². The van der Waals surface area contributed by atoms with Crippen LogP contribution in [0, 0.1) is 5.82 Å². The number of aromatic nitrogens is 4. The van der Waals surface area contributed by atoms with Gasteiger partial charge in [0.2, 0.25) is 5.95 Å². The molecule has 2 heterocycles. The van der Waals surface area contributed by atoms with E-state index in [4.69, 9.17) is 10.5 Å². The van der Waals surface area contributed by atoms with Gasteiger partial charge in [-0.25, -0.2) is 28.1 Å². The lowest BCUT2D eigenvalue weighted by Gasteiger charge is -2.24. The minimum atomic E-state index is -2.83. The van der Waals surface area contributed by atoms with E-state index in [2.05, 4.69) is 25.2 Å². The summed E-state index contributed by atoms with van der Waals surface area (Å²) in [7, 11) is 7.52. The number of methoxy groups -OCH3 is 1. The first-order chi connectivity index (χ1) is 18.5. The van der Waals surface area contributed by atoms with Crippen LogP contribution in [-0.4, -0.2) is 65.8 Å². The molecule has 0 bridgehead atoms. The Morgan fingerprint density at radius 1 is 1.08 bits per heavy atom. The summed E-state index contributed by atoms with van der Waals surface area (Å²) in [4.78, 5) is 16.8. The zero-order valence-electron chi connectivity index (χ0n) is 22.8. The SMILES string of the molecule is COc1cc(N(C)CCN(C)C)c(N)cc1Nc1nccc(-c2cc(F)c3nc(C(F)F)n(C(C)C)c3c2)n1. The van der Waals surface area contributed by atoms with E-state index in [-0.39, 0.29) is 23.0 Å². The van der Waals surface area contributed by atoms with Gasteiger partial charge >= 0.3 is 0 Å². The molecule has 39 heavy (non-hydrogen) atoms. The molecule has 12 heteroatoms. The second-order valence-corrected chi connectivity index (χ2v) is 9.79. The molecular weight excluding hydrogens is 509 g/mol. The molecule has 4 aromatic rings. The highest BCUT2D eigenvalue weighted by atomic mass is 19.3. The fraction of sp³-hybridized carbons (Fsp3) is 0.370. The molecule has 9 nitrogen and oxygen atoms in total. The average molecular weight is 543 g/mol. The first-order valence-electron chi connectivity index (χ1n) is 12.4. The van der Waals surface area contributed by atoms with Crippen LogP contribution in [0.5, 0.6) is 5.75 Å². The van der Waals surface area contributed by atoms with E-state index in [1.807, 2.05) is 32.1 Å². The Bertz CT molecular complexity index is 1470.